The smallest absolute Gasteiger partial charge is 0.367 e. The third kappa shape index (κ3) is 3.03. The molecule has 8 nitrogen and oxygen atoms in total. The zero-order valence-electron chi connectivity index (χ0n) is 10.9. The van der Waals surface area contributed by atoms with Crippen molar-refractivity contribution in [3.8, 4) is 0 Å². The normalized spacial score (nSPS) is 32.1. The van der Waals surface area contributed by atoms with Gasteiger partial charge >= 0.3 is 15.2 Å². The van der Waals surface area contributed by atoms with Gasteiger partial charge in [0.25, 0.3) is 5.08 Å². The van der Waals surface area contributed by atoms with E-state index in [1.165, 1.54) is 0 Å². The molecule has 1 saturated heterocycles. The second kappa shape index (κ2) is 5.45. The van der Waals surface area contributed by atoms with E-state index in [2.05, 4.69) is 5.32 Å². The molecule has 2 fully saturated rings. The van der Waals surface area contributed by atoms with Gasteiger partial charge in [0.2, 0.25) is 0 Å². The van der Waals surface area contributed by atoms with Crippen LogP contribution in [0.15, 0.2) is 0 Å². The SMILES string of the molecule is O=P(O)(O)C(O)(CC1CC2CCCCC2N1)P(=O)(O)O. The Morgan fingerprint density at radius 3 is 2.10 bits per heavy atom. The topological polar surface area (TPSA) is 147 Å². The summed E-state index contributed by atoms with van der Waals surface area (Å²) in [7, 11) is -10.7. The molecule has 0 spiro atoms. The average molecular weight is 329 g/mol. The van der Waals surface area contributed by atoms with Crippen molar-refractivity contribution in [2.24, 2.45) is 5.92 Å². The Hall–Kier alpha value is 0.220. The van der Waals surface area contributed by atoms with E-state index in [1.54, 1.807) is 0 Å². The molecule has 20 heavy (non-hydrogen) atoms. The monoisotopic (exact) mass is 329 g/mol. The van der Waals surface area contributed by atoms with Crippen LogP contribution in [0, 0.1) is 5.92 Å². The lowest BCUT2D eigenvalue weighted by Gasteiger charge is -2.31. The van der Waals surface area contributed by atoms with Crippen molar-refractivity contribution < 1.29 is 33.8 Å². The number of nitrogens with one attached hydrogen (secondary N) is 1. The molecule has 0 radical (unpaired) electrons. The van der Waals surface area contributed by atoms with Gasteiger partial charge in [-0.15, -0.1) is 0 Å². The van der Waals surface area contributed by atoms with Crippen LogP contribution >= 0.6 is 15.2 Å². The zero-order chi connectivity index (χ0) is 15.2. The van der Waals surface area contributed by atoms with Gasteiger partial charge in [-0.3, -0.25) is 9.13 Å². The lowest BCUT2D eigenvalue weighted by atomic mass is 9.85. The van der Waals surface area contributed by atoms with E-state index in [-0.39, 0.29) is 6.04 Å². The first-order chi connectivity index (χ1) is 9.04. The number of fused-ring (bicyclic) bond motifs is 1. The Kier molecular flexibility index (Phi) is 4.52. The summed E-state index contributed by atoms with van der Waals surface area (Å²) < 4.78 is 22.7. The molecular formula is C10H21NO7P2. The quantitative estimate of drug-likeness (QED) is 0.404. The first-order valence-corrected chi connectivity index (χ1v) is 9.87. The number of hydrogen-bond donors (Lipinski definition) is 6. The Labute approximate surface area is 116 Å². The lowest BCUT2D eigenvalue weighted by molar-refractivity contribution is 0.113. The van der Waals surface area contributed by atoms with Crippen LogP contribution in [0.5, 0.6) is 0 Å². The largest absolute Gasteiger partial charge is 0.369 e. The summed E-state index contributed by atoms with van der Waals surface area (Å²) >= 11 is 0. The summed E-state index contributed by atoms with van der Waals surface area (Å²) in [5, 5.41) is 9.76. The van der Waals surface area contributed by atoms with Crippen molar-refractivity contribution in [2.45, 2.75) is 55.7 Å². The number of hydrogen-bond acceptors (Lipinski definition) is 4. The maximum atomic E-state index is 11.3. The highest BCUT2D eigenvalue weighted by molar-refractivity contribution is 7.72. The summed E-state index contributed by atoms with van der Waals surface area (Å²) in [6.07, 6.45) is 4.05. The van der Waals surface area contributed by atoms with Crippen molar-refractivity contribution >= 4 is 15.2 Å². The number of rotatable bonds is 4. The first kappa shape index (κ1) is 16.6. The van der Waals surface area contributed by atoms with Gasteiger partial charge in [0.1, 0.15) is 0 Å². The van der Waals surface area contributed by atoms with Gasteiger partial charge in [-0.2, -0.15) is 0 Å². The summed E-state index contributed by atoms with van der Waals surface area (Å²) in [5.74, 6) is 0.353. The molecule has 1 aliphatic heterocycles. The molecule has 118 valence electrons. The molecule has 10 heteroatoms. The molecule has 0 amide bonds. The average Bonchev–Trinajstić information content (AvgIpc) is 2.67. The van der Waals surface area contributed by atoms with E-state index < -0.39 is 32.7 Å². The van der Waals surface area contributed by atoms with Gasteiger partial charge in [-0.05, 0) is 25.2 Å². The zero-order valence-corrected chi connectivity index (χ0v) is 12.7. The molecule has 0 bridgehead atoms. The van der Waals surface area contributed by atoms with Gasteiger partial charge in [-0.25, -0.2) is 0 Å². The fourth-order valence-corrected chi connectivity index (χ4v) is 5.60. The van der Waals surface area contributed by atoms with E-state index in [1.807, 2.05) is 0 Å². The molecule has 1 heterocycles. The molecule has 6 N–H and O–H groups in total. The van der Waals surface area contributed by atoms with Crippen LogP contribution in [0.2, 0.25) is 0 Å². The fourth-order valence-electron chi connectivity index (χ4n) is 3.33. The molecule has 2 aliphatic rings. The fraction of sp³-hybridized carbons (Fsp3) is 1.00. The van der Waals surface area contributed by atoms with E-state index in [4.69, 9.17) is 19.6 Å². The van der Waals surface area contributed by atoms with Crippen LogP contribution in [0.25, 0.3) is 0 Å². The molecule has 0 aromatic rings. The van der Waals surface area contributed by atoms with Crippen LogP contribution in [-0.2, 0) is 9.13 Å². The van der Waals surface area contributed by atoms with Crippen molar-refractivity contribution in [1.29, 1.82) is 0 Å². The Bertz CT molecular complexity index is 423. The Morgan fingerprint density at radius 2 is 1.60 bits per heavy atom. The number of aliphatic hydroxyl groups is 1. The predicted molar refractivity (Wildman–Crippen MR) is 70.9 cm³/mol. The van der Waals surface area contributed by atoms with Crippen LogP contribution in [0.3, 0.4) is 0 Å². The van der Waals surface area contributed by atoms with Gasteiger partial charge in [0.15, 0.2) is 0 Å². The highest BCUT2D eigenvalue weighted by Crippen LogP contribution is 2.69. The maximum absolute atomic E-state index is 11.3. The Morgan fingerprint density at radius 1 is 1.05 bits per heavy atom. The van der Waals surface area contributed by atoms with Crippen LogP contribution in [-0.4, -0.2) is 41.8 Å². The standard InChI is InChI=1S/C10H21NO7P2/c12-10(19(13,14)15,20(16,17)18)6-8-5-7-3-1-2-4-9(7)11-8/h7-9,11-12H,1-6H2,(H2,13,14,15)(H2,16,17,18). The van der Waals surface area contributed by atoms with Crippen LogP contribution in [0.4, 0.5) is 0 Å². The van der Waals surface area contributed by atoms with Crippen molar-refractivity contribution in [3.63, 3.8) is 0 Å². The van der Waals surface area contributed by atoms with Crippen LogP contribution in [0.1, 0.15) is 38.5 Å². The van der Waals surface area contributed by atoms with E-state index >= 15 is 0 Å². The maximum Gasteiger partial charge on any atom is 0.369 e. The minimum atomic E-state index is -5.35. The molecule has 1 aliphatic carbocycles. The summed E-state index contributed by atoms with van der Waals surface area (Å²) in [4.78, 5) is 36.5. The van der Waals surface area contributed by atoms with Gasteiger partial charge in [0, 0.05) is 18.5 Å². The van der Waals surface area contributed by atoms with Gasteiger partial charge in [-0.1, -0.05) is 12.8 Å². The van der Waals surface area contributed by atoms with Crippen molar-refractivity contribution in [3.05, 3.63) is 0 Å². The van der Waals surface area contributed by atoms with Crippen molar-refractivity contribution in [2.75, 3.05) is 0 Å². The van der Waals surface area contributed by atoms with Crippen molar-refractivity contribution in [1.82, 2.24) is 5.32 Å². The summed E-state index contributed by atoms with van der Waals surface area (Å²) in [6.45, 7) is 0. The van der Waals surface area contributed by atoms with E-state index in [0.717, 1.165) is 25.7 Å². The molecule has 3 atom stereocenters. The van der Waals surface area contributed by atoms with E-state index in [0.29, 0.717) is 12.3 Å². The highest BCUT2D eigenvalue weighted by Gasteiger charge is 2.60. The summed E-state index contributed by atoms with van der Waals surface area (Å²) in [5.41, 5.74) is 0. The highest BCUT2D eigenvalue weighted by atomic mass is 31.2. The summed E-state index contributed by atoms with van der Waals surface area (Å²) in [6, 6.07) is -0.278. The minimum absolute atomic E-state index is 0.214. The van der Waals surface area contributed by atoms with Gasteiger partial charge < -0.3 is 30.0 Å². The second-order valence-corrected chi connectivity index (χ2v) is 9.83. The molecule has 0 aromatic carbocycles. The van der Waals surface area contributed by atoms with Gasteiger partial charge in [0.05, 0.1) is 0 Å². The predicted octanol–water partition coefficient (Wildman–Crippen LogP) is 0.299. The third-order valence-electron chi connectivity index (χ3n) is 4.40. The minimum Gasteiger partial charge on any atom is -0.367 e. The molecule has 3 unspecified atom stereocenters. The Balaban J connectivity index is 2.14. The second-order valence-electron chi connectivity index (χ2n) is 5.82. The molecule has 0 aromatic heterocycles. The molecule has 1 saturated carbocycles. The first-order valence-electron chi connectivity index (χ1n) is 6.64. The van der Waals surface area contributed by atoms with Crippen LogP contribution < -0.4 is 5.32 Å². The third-order valence-corrected chi connectivity index (χ3v) is 8.19. The molecular weight excluding hydrogens is 308 g/mol. The van der Waals surface area contributed by atoms with E-state index in [9.17, 15) is 14.2 Å². The lowest BCUT2D eigenvalue weighted by Crippen LogP contribution is -2.39. The molecule has 2 rings (SSSR count).